The van der Waals surface area contributed by atoms with Crippen LogP contribution in [0.1, 0.15) is 13.3 Å². The van der Waals surface area contributed by atoms with Crippen LogP contribution < -0.4 is 9.88 Å². The summed E-state index contributed by atoms with van der Waals surface area (Å²) in [5.74, 6) is 0.353. The lowest BCUT2D eigenvalue weighted by molar-refractivity contribution is -0.146. The van der Waals surface area contributed by atoms with Gasteiger partial charge in [0, 0.05) is 0 Å². The van der Waals surface area contributed by atoms with Gasteiger partial charge in [-0.2, -0.15) is 0 Å². The SMILES string of the molecule is CCOC(=O)COC1=CCC2=c3nc(S)sc3=CC2=C1. The Labute approximate surface area is 125 Å². The Hall–Kier alpha value is -1.53. The maximum atomic E-state index is 11.3. The molecule has 0 saturated carbocycles. The number of thiazole rings is 1. The number of esters is 1. The largest absolute Gasteiger partial charge is 0.482 e. The van der Waals surface area contributed by atoms with Gasteiger partial charge in [0.05, 0.1) is 16.5 Å². The molecule has 0 unspecified atom stereocenters. The highest BCUT2D eigenvalue weighted by atomic mass is 32.2. The molecule has 0 fully saturated rings. The first-order valence-electron chi connectivity index (χ1n) is 6.28. The predicted octanol–water partition coefficient (Wildman–Crippen LogP) is 1.17. The Morgan fingerprint density at radius 1 is 1.50 bits per heavy atom. The lowest BCUT2D eigenvalue weighted by Gasteiger charge is -2.13. The van der Waals surface area contributed by atoms with Gasteiger partial charge in [0.15, 0.2) is 6.61 Å². The van der Waals surface area contributed by atoms with E-state index in [0.29, 0.717) is 12.4 Å². The number of hydrogen-bond acceptors (Lipinski definition) is 6. The summed E-state index contributed by atoms with van der Waals surface area (Å²) in [6.45, 7) is 2.08. The van der Waals surface area contributed by atoms with E-state index in [2.05, 4.69) is 23.7 Å². The third kappa shape index (κ3) is 2.53. The minimum absolute atomic E-state index is 0.0559. The van der Waals surface area contributed by atoms with Crippen molar-refractivity contribution in [1.82, 2.24) is 4.98 Å². The first kappa shape index (κ1) is 13.5. The third-order valence-corrected chi connectivity index (χ3v) is 4.21. The van der Waals surface area contributed by atoms with Crippen molar-refractivity contribution in [3.8, 4) is 0 Å². The van der Waals surface area contributed by atoms with Crippen LogP contribution in [0.2, 0.25) is 0 Å². The Morgan fingerprint density at radius 3 is 3.15 bits per heavy atom. The van der Waals surface area contributed by atoms with Gasteiger partial charge in [-0.05, 0) is 42.7 Å². The van der Waals surface area contributed by atoms with E-state index in [1.165, 1.54) is 5.57 Å². The molecular formula is C14H13NO3S2. The molecule has 2 aliphatic carbocycles. The maximum absolute atomic E-state index is 11.3. The van der Waals surface area contributed by atoms with Crippen LogP contribution in [0, 0.1) is 0 Å². The minimum atomic E-state index is -0.350. The molecule has 0 bridgehead atoms. The van der Waals surface area contributed by atoms with Crippen LogP contribution in [0.5, 0.6) is 0 Å². The van der Waals surface area contributed by atoms with E-state index >= 15 is 0 Å². The zero-order valence-electron chi connectivity index (χ0n) is 10.9. The molecule has 0 amide bonds. The van der Waals surface area contributed by atoms with Crippen molar-refractivity contribution in [2.24, 2.45) is 0 Å². The number of carbonyl (C=O) groups excluding carboxylic acids is 1. The average Bonchev–Trinajstić information content (AvgIpc) is 2.92. The number of fused-ring (bicyclic) bond motifs is 2. The van der Waals surface area contributed by atoms with Crippen LogP contribution in [0.25, 0.3) is 11.6 Å². The van der Waals surface area contributed by atoms with Crippen molar-refractivity contribution >= 4 is 41.6 Å². The molecule has 1 heterocycles. The summed E-state index contributed by atoms with van der Waals surface area (Å²) < 4.78 is 12.2. The molecule has 0 aromatic carbocycles. The Balaban J connectivity index is 1.75. The van der Waals surface area contributed by atoms with E-state index < -0.39 is 0 Å². The molecule has 104 valence electrons. The number of carbonyl (C=O) groups is 1. The molecule has 1 aromatic rings. The second kappa shape index (κ2) is 5.46. The summed E-state index contributed by atoms with van der Waals surface area (Å²) in [6.07, 6.45) is 6.73. The molecule has 0 N–H and O–H groups in total. The van der Waals surface area contributed by atoms with E-state index in [9.17, 15) is 4.79 Å². The van der Waals surface area contributed by atoms with E-state index in [4.69, 9.17) is 9.47 Å². The van der Waals surface area contributed by atoms with E-state index in [1.54, 1.807) is 18.3 Å². The molecule has 0 spiro atoms. The number of nitrogens with zero attached hydrogens (tertiary/aromatic N) is 1. The molecule has 0 atom stereocenters. The van der Waals surface area contributed by atoms with Gasteiger partial charge < -0.3 is 9.47 Å². The molecule has 0 aliphatic heterocycles. The van der Waals surface area contributed by atoms with Crippen LogP contribution in [-0.2, 0) is 14.3 Å². The smallest absolute Gasteiger partial charge is 0.344 e. The fraction of sp³-hybridized carbons (Fsp3) is 0.286. The molecular weight excluding hydrogens is 294 g/mol. The topological polar surface area (TPSA) is 48.4 Å². The summed E-state index contributed by atoms with van der Waals surface area (Å²) >= 11 is 5.84. The lowest BCUT2D eigenvalue weighted by atomic mass is 10.0. The second-order valence-electron chi connectivity index (χ2n) is 4.34. The van der Waals surface area contributed by atoms with Gasteiger partial charge in [-0.15, -0.1) is 24.0 Å². The standard InChI is InChI=1S/C14H13NO3S2/c1-2-17-12(16)7-18-9-3-4-10-8(5-9)6-11-13(10)15-14(19)20-11/h3,5-6H,2,4,7H2,1H3,(H,15,19). The van der Waals surface area contributed by atoms with Crippen molar-refractivity contribution in [3.63, 3.8) is 0 Å². The highest BCUT2D eigenvalue weighted by Gasteiger charge is 2.18. The fourth-order valence-corrected chi connectivity index (χ4v) is 3.38. The number of aromatic nitrogens is 1. The molecule has 3 rings (SSSR count). The number of allylic oxidation sites excluding steroid dienone is 3. The van der Waals surface area contributed by atoms with Crippen molar-refractivity contribution < 1.29 is 14.3 Å². The predicted molar refractivity (Wildman–Crippen MR) is 79.9 cm³/mol. The normalized spacial score (nSPS) is 15.8. The number of hydrogen-bond donors (Lipinski definition) is 1. The van der Waals surface area contributed by atoms with Crippen LogP contribution >= 0.6 is 24.0 Å². The van der Waals surface area contributed by atoms with Gasteiger partial charge in [0.2, 0.25) is 0 Å². The molecule has 0 saturated heterocycles. The number of rotatable bonds is 4. The molecule has 1 aromatic heterocycles. The van der Waals surface area contributed by atoms with E-state index in [0.717, 1.165) is 26.2 Å². The summed E-state index contributed by atoms with van der Waals surface area (Å²) in [7, 11) is 0. The van der Waals surface area contributed by atoms with Crippen LogP contribution in [0.4, 0.5) is 0 Å². The van der Waals surface area contributed by atoms with Gasteiger partial charge in [-0.3, -0.25) is 0 Å². The molecule has 20 heavy (non-hydrogen) atoms. The van der Waals surface area contributed by atoms with Gasteiger partial charge >= 0.3 is 5.97 Å². The summed E-state index contributed by atoms with van der Waals surface area (Å²) in [6, 6.07) is 0. The monoisotopic (exact) mass is 307 g/mol. The average molecular weight is 307 g/mol. The van der Waals surface area contributed by atoms with Crippen molar-refractivity contribution in [3.05, 3.63) is 33.4 Å². The summed E-state index contributed by atoms with van der Waals surface area (Å²) in [5.41, 5.74) is 2.30. The van der Waals surface area contributed by atoms with Gasteiger partial charge in [0.1, 0.15) is 10.1 Å². The van der Waals surface area contributed by atoms with Crippen molar-refractivity contribution in [1.29, 1.82) is 0 Å². The first-order valence-corrected chi connectivity index (χ1v) is 7.55. The van der Waals surface area contributed by atoms with E-state index in [-0.39, 0.29) is 12.6 Å². The Bertz CT molecular complexity index is 743. The minimum Gasteiger partial charge on any atom is -0.482 e. The Morgan fingerprint density at radius 2 is 2.35 bits per heavy atom. The Kier molecular flexibility index (Phi) is 3.67. The summed E-state index contributed by atoms with van der Waals surface area (Å²) in [4.78, 5) is 15.7. The van der Waals surface area contributed by atoms with Crippen molar-refractivity contribution in [2.45, 2.75) is 17.7 Å². The maximum Gasteiger partial charge on any atom is 0.344 e. The quantitative estimate of drug-likeness (QED) is 0.670. The molecule has 6 heteroatoms. The second-order valence-corrected chi connectivity index (χ2v) is 6.09. The zero-order chi connectivity index (χ0) is 14.1. The third-order valence-electron chi connectivity index (χ3n) is 3.03. The van der Waals surface area contributed by atoms with E-state index in [1.807, 2.05) is 12.2 Å². The van der Waals surface area contributed by atoms with Crippen molar-refractivity contribution in [2.75, 3.05) is 13.2 Å². The number of thiol groups is 1. The molecule has 4 nitrogen and oxygen atoms in total. The van der Waals surface area contributed by atoms with Crippen LogP contribution in [0.3, 0.4) is 0 Å². The van der Waals surface area contributed by atoms with Gasteiger partial charge in [-0.1, -0.05) is 0 Å². The fourth-order valence-electron chi connectivity index (χ4n) is 2.20. The zero-order valence-corrected chi connectivity index (χ0v) is 12.6. The highest BCUT2D eigenvalue weighted by Crippen LogP contribution is 2.27. The van der Waals surface area contributed by atoms with Crippen LogP contribution in [-0.4, -0.2) is 24.2 Å². The number of ether oxygens (including phenoxy) is 2. The molecule has 0 radical (unpaired) electrons. The van der Waals surface area contributed by atoms with Gasteiger partial charge in [-0.25, -0.2) is 9.78 Å². The highest BCUT2D eigenvalue weighted by molar-refractivity contribution is 7.82. The molecule has 2 aliphatic rings. The summed E-state index contributed by atoms with van der Waals surface area (Å²) in [5, 5.41) is 1.02. The van der Waals surface area contributed by atoms with Crippen LogP contribution in [0.15, 0.2) is 27.8 Å². The lowest BCUT2D eigenvalue weighted by Crippen LogP contribution is -2.19. The van der Waals surface area contributed by atoms with Gasteiger partial charge in [0.25, 0.3) is 0 Å². The first-order chi connectivity index (χ1) is 9.67.